The van der Waals surface area contributed by atoms with Gasteiger partial charge >= 0.3 is 0 Å². The summed E-state index contributed by atoms with van der Waals surface area (Å²) in [5.41, 5.74) is 1.06. The highest BCUT2D eigenvalue weighted by Crippen LogP contribution is 2.24. The number of hydrogen-bond acceptors (Lipinski definition) is 3. The predicted molar refractivity (Wildman–Crippen MR) is 49.7 cm³/mol. The Kier molecular flexibility index (Phi) is 2.34. The summed E-state index contributed by atoms with van der Waals surface area (Å²) >= 11 is 0. The van der Waals surface area contributed by atoms with Crippen molar-refractivity contribution in [2.45, 2.75) is 26.2 Å². The van der Waals surface area contributed by atoms with E-state index in [0.717, 1.165) is 5.69 Å². The molecule has 1 rings (SSSR count). The highest BCUT2D eigenvalue weighted by atomic mass is 16.1. The maximum atomic E-state index is 10.0. The van der Waals surface area contributed by atoms with Crippen molar-refractivity contribution in [2.24, 2.45) is 12.0 Å². The van der Waals surface area contributed by atoms with E-state index in [9.17, 15) is 4.79 Å². The van der Waals surface area contributed by atoms with Crippen LogP contribution in [-0.2, 0) is 17.3 Å². The fourth-order valence-corrected chi connectivity index (χ4v) is 1.26. The lowest BCUT2D eigenvalue weighted by atomic mass is 9.92. The fourth-order valence-electron chi connectivity index (χ4n) is 1.26. The number of aryl methyl sites for hydroxylation is 1. The molecule has 1 aromatic heterocycles. The molecule has 0 aliphatic carbocycles. The van der Waals surface area contributed by atoms with Gasteiger partial charge in [-0.05, 0) is 0 Å². The Labute approximate surface area is 77.3 Å². The van der Waals surface area contributed by atoms with E-state index in [-0.39, 0.29) is 5.41 Å². The molecule has 0 aliphatic heterocycles. The minimum absolute atomic E-state index is 0.0123. The normalized spacial score (nSPS) is 11.1. The van der Waals surface area contributed by atoms with Crippen molar-refractivity contribution >= 4 is 11.9 Å². The Morgan fingerprint density at radius 1 is 1.54 bits per heavy atom. The van der Waals surface area contributed by atoms with Crippen LogP contribution in [0.5, 0.6) is 0 Å². The van der Waals surface area contributed by atoms with E-state index in [1.807, 2.05) is 7.05 Å². The van der Waals surface area contributed by atoms with Gasteiger partial charge in [0.15, 0.2) is 5.82 Å². The lowest BCUT2D eigenvalue weighted by Gasteiger charge is -2.17. The molecule has 1 heterocycles. The highest BCUT2D eigenvalue weighted by Gasteiger charge is 2.18. The van der Waals surface area contributed by atoms with Gasteiger partial charge in [0, 0.05) is 24.2 Å². The van der Waals surface area contributed by atoms with Crippen molar-refractivity contribution in [2.75, 3.05) is 0 Å². The quantitative estimate of drug-likeness (QED) is 0.486. The molecule has 0 saturated heterocycles. The predicted octanol–water partition coefficient (Wildman–Crippen LogP) is 1.68. The second kappa shape index (κ2) is 3.15. The standard InChI is InChI=1S/C9H13N3O/c1-9(2,3)7-5-8(10-6-13)11-12(7)4/h5H,1-4H3. The van der Waals surface area contributed by atoms with Gasteiger partial charge in [0.2, 0.25) is 6.08 Å². The minimum atomic E-state index is 0.0123. The molecule has 1 aromatic rings. The van der Waals surface area contributed by atoms with Crippen LogP contribution < -0.4 is 0 Å². The molecule has 0 unspecified atom stereocenters. The Hall–Kier alpha value is -1.41. The fraction of sp³-hybridized carbons (Fsp3) is 0.556. The summed E-state index contributed by atoms with van der Waals surface area (Å²) in [4.78, 5) is 13.5. The van der Waals surface area contributed by atoms with Crippen LogP contribution in [0.4, 0.5) is 5.82 Å². The van der Waals surface area contributed by atoms with E-state index in [0.29, 0.717) is 5.82 Å². The first-order valence-corrected chi connectivity index (χ1v) is 4.07. The highest BCUT2D eigenvalue weighted by molar-refractivity contribution is 5.45. The number of aromatic nitrogens is 2. The van der Waals surface area contributed by atoms with E-state index in [1.165, 1.54) is 6.08 Å². The topological polar surface area (TPSA) is 47.2 Å². The van der Waals surface area contributed by atoms with Gasteiger partial charge in [-0.1, -0.05) is 20.8 Å². The molecule has 0 spiro atoms. The summed E-state index contributed by atoms with van der Waals surface area (Å²) in [6.07, 6.45) is 1.48. The smallest absolute Gasteiger partial charge is 0.242 e. The molecule has 0 saturated carbocycles. The second-order valence-electron chi connectivity index (χ2n) is 3.96. The molecule has 13 heavy (non-hydrogen) atoms. The first kappa shape index (κ1) is 9.68. The van der Waals surface area contributed by atoms with Crippen molar-refractivity contribution in [3.8, 4) is 0 Å². The Morgan fingerprint density at radius 3 is 2.54 bits per heavy atom. The van der Waals surface area contributed by atoms with E-state index >= 15 is 0 Å². The molecule has 0 atom stereocenters. The van der Waals surface area contributed by atoms with E-state index in [2.05, 4.69) is 30.9 Å². The van der Waals surface area contributed by atoms with Crippen LogP contribution in [0.2, 0.25) is 0 Å². The first-order chi connectivity index (χ1) is 5.95. The molecular weight excluding hydrogens is 166 g/mol. The van der Waals surface area contributed by atoms with Gasteiger partial charge in [-0.2, -0.15) is 5.10 Å². The third-order valence-corrected chi connectivity index (χ3v) is 1.80. The van der Waals surface area contributed by atoms with Gasteiger partial charge in [-0.15, -0.1) is 4.99 Å². The van der Waals surface area contributed by atoms with Crippen LogP contribution in [0.3, 0.4) is 0 Å². The molecular formula is C9H13N3O. The number of rotatable bonds is 1. The summed E-state index contributed by atoms with van der Waals surface area (Å²) in [6.45, 7) is 6.25. The van der Waals surface area contributed by atoms with E-state index in [1.54, 1.807) is 10.7 Å². The van der Waals surface area contributed by atoms with Crippen molar-refractivity contribution in [1.29, 1.82) is 0 Å². The van der Waals surface area contributed by atoms with Crippen LogP contribution in [0.15, 0.2) is 11.1 Å². The van der Waals surface area contributed by atoms with Crippen LogP contribution >= 0.6 is 0 Å². The number of nitrogens with zero attached hydrogens (tertiary/aromatic N) is 3. The molecule has 4 nitrogen and oxygen atoms in total. The molecule has 0 amide bonds. The Bertz CT molecular complexity index is 353. The van der Waals surface area contributed by atoms with Crippen molar-refractivity contribution in [1.82, 2.24) is 9.78 Å². The Balaban J connectivity index is 3.18. The van der Waals surface area contributed by atoms with Gasteiger partial charge < -0.3 is 0 Å². The molecule has 0 radical (unpaired) electrons. The number of hydrogen-bond donors (Lipinski definition) is 0. The SMILES string of the molecule is Cn1nc(N=C=O)cc1C(C)(C)C. The average Bonchev–Trinajstić information content (AvgIpc) is 2.30. The number of aliphatic imine (C=N–C) groups is 1. The van der Waals surface area contributed by atoms with Crippen LogP contribution in [0.25, 0.3) is 0 Å². The zero-order valence-corrected chi connectivity index (χ0v) is 8.33. The minimum Gasteiger partial charge on any atom is -0.270 e. The maximum Gasteiger partial charge on any atom is 0.242 e. The largest absolute Gasteiger partial charge is 0.270 e. The second-order valence-corrected chi connectivity index (χ2v) is 3.96. The van der Waals surface area contributed by atoms with Crippen molar-refractivity contribution in [3.63, 3.8) is 0 Å². The zero-order chi connectivity index (χ0) is 10.1. The first-order valence-electron chi connectivity index (χ1n) is 4.07. The summed E-state index contributed by atoms with van der Waals surface area (Å²) < 4.78 is 1.73. The number of isocyanates is 1. The molecule has 0 aliphatic rings. The Morgan fingerprint density at radius 2 is 2.15 bits per heavy atom. The van der Waals surface area contributed by atoms with Crippen LogP contribution in [0.1, 0.15) is 26.5 Å². The van der Waals surface area contributed by atoms with Gasteiger partial charge in [0.05, 0.1) is 0 Å². The van der Waals surface area contributed by atoms with E-state index in [4.69, 9.17) is 0 Å². The van der Waals surface area contributed by atoms with Gasteiger partial charge in [-0.3, -0.25) is 4.68 Å². The van der Waals surface area contributed by atoms with E-state index < -0.39 is 0 Å². The van der Waals surface area contributed by atoms with Gasteiger partial charge in [0.25, 0.3) is 0 Å². The maximum absolute atomic E-state index is 10.0. The lowest BCUT2D eigenvalue weighted by Crippen LogP contribution is -2.16. The third kappa shape index (κ3) is 2.04. The summed E-state index contributed by atoms with van der Waals surface area (Å²) in [6, 6.07) is 1.80. The molecule has 0 N–H and O–H groups in total. The summed E-state index contributed by atoms with van der Waals surface area (Å²) in [7, 11) is 1.84. The molecule has 0 aromatic carbocycles. The molecule has 4 heteroatoms. The molecule has 70 valence electrons. The number of carbonyl (C=O) groups excluding carboxylic acids is 1. The van der Waals surface area contributed by atoms with Crippen LogP contribution in [-0.4, -0.2) is 15.9 Å². The third-order valence-electron chi connectivity index (χ3n) is 1.80. The van der Waals surface area contributed by atoms with Gasteiger partial charge in [0.1, 0.15) is 0 Å². The average molecular weight is 179 g/mol. The summed E-state index contributed by atoms with van der Waals surface area (Å²) in [5, 5.41) is 4.05. The van der Waals surface area contributed by atoms with Gasteiger partial charge in [-0.25, -0.2) is 4.79 Å². The lowest BCUT2D eigenvalue weighted by molar-refractivity contribution is 0.523. The van der Waals surface area contributed by atoms with Crippen molar-refractivity contribution in [3.05, 3.63) is 11.8 Å². The molecule has 0 fully saturated rings. The zero-order valence-electron chi connectivity index (χ0n) is 8.33. The molecule has 0 bridgehead atoms. The monoisotopic (exact) mass is 179 g/mol. The van der Waals surface area contributed by atoms with Crippen molar-refractivity contribution < 1.29 is 4.79 Å². The summed E-state index contributed by atoms with van der Waals surface area (Å²) in [5.74, 6) is 0.419. The van der Waals surface area contributed by atoms with Crippen LogP contribution in [0, 0.1) is 0 Å².